The van der Waals surface area contributed by atoms with E-state index in [0.29, 0.717) is 5.56 Å². The van der Waals surface area contributed by atoms with Crippen LogP contribution in [0, 0.1) is 11.6 Å². The molecule has 4 heteroatoms. The lowest BCUT2D eigenvalue weighted by atomic mass is 9.99. The molecule has 2 nitrogen and oxygen atoms in total. The molecule has 0 amide bonds. The predicted octanol–water partition coefficient (Wildman–Crippen LogP) is 4.21. The minimum absolute atomic E-state index is 0.439. The standard InChI is InChI=1S/C17H14F2O2/c1-11(8-17(20)21-2)12-4-3-5-13(9-12)14-6-7-15(18)16(19)10-14/h3-10H,1-2H3/b11-8+. The monoisotopic (exact) mass is 288 g/mol. The van der Waals surface area contributed by atoms with E-state index in [-0.39, 0.29) is 0 Å². The fraction of sp³-hybridized carbons (Fsp3) is 0.118. The van der Waals surface area contributed by atoms with E-state index in [4.69, 9.17) is 0 Å². The molecule has 0 aromatic heterocycles. The van der Waals surface area contributed by atoms with Crippen LogP contribution >= 0.6 is 0 Å². The molecule has 0 spiro atoms. The average molecular weight is 288 g/mol. The molecule has 0 aliphatic rings. The second kappa shape index (κ2) is 6.31. The Morgan fingerprint density at radius 2 is 1.76 bits per heavy atom. The molecule has 0 heterocycles. The number of rotatable bonds is 3. The quantitative estimate of drug-likeness (QED) is 0.624. The van der Waals surface area contributed by atoms with Gasteiger partial charge in [0.05, 0.1) is 7.11 Å². The third-order valence-electron chi connectivity index (χ3n) is 3.11. The van der Waals surface area contributed by atoms with E-state index in [1.54, 1.807) is 25.1 Å². The van der Waals surface area contributed by atoms with Gasteiger partial charge in [0.25, 0.3) is 0 Å². The second-order valence-electron chi connectivity index (χ2n) is 4.56. The van der Waals surface area contributed by atoms with Gasteiger partial charge in [0.2, 0.25) is 0 Å². The van der Waals surface area contributed by atoms with Gasteiger partial charge in [0.15, 0.2) is 11.6 Å². The number of carbonyl (C=O) groups is 1. The number of ether oxygens (including phenoxy) is 1. The molecule has 21 heavy (non-hydrogen) atoms. The zero-order valence-corrected chi connectivity index (χ0v) is 11.7. The first kappa shape index (κ1) is 14.9. The number of carbonyl (C=O) groups excluding carboxylic acids is 1. The van der Waals surface area contributed by atoms with Crippen LogP contribution in [0.5, 0.6) is 0 Å². The van der Waals surface area contributed by atoms with Crippen molar-refractivity contribution in [2.24, 2.45) is 0 Å². The third-order valence-corrected chi connectivity index (χ3v) is 3.11. The first-order valence-electron chi connectivity index (χ1n) is 6.33. The van der Waals surface area contributed by atoms with E-state index in [9.17, 15) is 13.6 Å². The summed E-state index contributed by atoms with van der Waals surface area (Å²) in [5.41, 5.74) is 2.85. The predicted molar refractivity (Wildman–Crippen MR) is 77.5 cm³/mol. The number of methoxy groups -OCH3 is 1. The van der Waals surface area contributed by atoms with Crippen LogP contribution in [0.4, 0.5) is 8.78 Å². The molecule has 0 bridgehead atoms. The topological polar surface area (TPSA) is 26.3 Å². The molecule has 0 radical (unpaired) electrons. The first-order valence-corrected chi connectivity index (χ1v) is 6.33. The van der Waals surface area contributed by atoms with Crippen molar-refractivity contribution in [3.05, 3.63) is 65.7 Å². The Balaban J connectivity index is 2.39. The van der Waals surface area contributed by atoms with E-state index in [0.717, 1.165) is 28.8 Å². The lowest BCUT2D eigenvalue weighted by molar-refractivity contribution is -0.134. The van der Waals surface area contributed by atoms with Crippen LogP contribution in [-0.2, 0) is 9.53 Å². The molecule has 2 aromatic rings. The third kappa shape index (κ3) is 3.54. The molecule has 2 rings (SSSR count). The molecule has 0 fully saturated rings. The summed E-state index contributed by atoms with van der Waals surface area (Å²) < 4.78 is 30.8. The van der Waals surface area contributed by atoms with Gasteiger partial charge in [-0.25, -0.2) is 13.6 Å². The maximum Gasteiger partial charge on any atom is 0.330 e. The van der Waals surface area contributed by atoms with Crippen LogP contribution in [-0.4, -0.2) is 13.1 Å². The number of allylic oxidation sites excluding steroid dienone is 1. The van der Waals surface area contributed by atoms with Gasteiger partial charge in [-0.3, -0.25) is 0 Å². The summed E-state index contributed by atoms with van der Waals surface area (Å²) in [6, 6.07) is 11.0. The molecule has 2 aromatic carbocycles. The Kier molecular flexibility index (Phi) is 4.48. The van der Waals surface area contributed by atoms with E-state index in [2.05, 4.69) is 4.74 Å². The fourth-order valence-electron chi connectivity index (χ4n) is 1.94. The van der Waals surface area contributed by atoms with Crippen molar-refractivity contribution in [3.8, 4) is 11.1 Å². The molecule has 0 saturated carbocycles. The highest BCUT2D eigenvalue weighted by Gasteiger charge is 2.06. The van der Waals surface area contributed by atoms with E-state index in [1.807, 2.05) is 6.07 Å². The number of benzene rings is 2. The minimum atomic E-state index is -0.889. The Morgan fingerprint density at radius 3 is 2.43 bits per heavy atom. The molecule has 0 N–H and O–H groups in total. The zero-order chi connectivity index (χ0) is 15.4. The summed E-state index contributed by atoms with van der Waals surface area (Å²) in [4.78, 5) is 11.2. The normalized spacial score (nSPS) is 11.3. The molecule has 0 aliphatic carbocycles. The van der Waals surface area contributed by atoms with Crippen LogP contribution in [0.2, 0.25) is 0 Å². The maximum atomic E-state index is 13.3. The lowest BCUT2D eigenvalue weighted by Crippen LogP contribution is -1.95. The van der Waals surface area contributed by atoms with Crippen molar-refractivity contribution in [2.45, 2.75) is 6.92 Å². The molecule has 108 valence electrons. The smallest absolute Gasteiger partial charge is 0.330 e. The number of esters is 1. The SMILES string of the molecule is COC(=O)/C=C(\C)c1cccc(-c2ccc(F)c(F)c2)c1. The van der Waals surface area contributed by atoms with Gasteiger partial charge < -0.3 is 4.74 Å². The summed E-state index contributed by atoms with van der Waals surface area (Å²) in [5.74, 6) is -2.21. The largest absolute Gasteiger partial charge is 0.466 e. The maximum absolute atomic E-state index is 13.3. The summed E-state index contributed by atoms with van der Waals surface area (Å²) in [7, 11) is 1.31. The van der Waals surface area contributed by atoms with Gasteiger partial charge in [-0.05, 0) is 47.4 Å². The average Bonchev–Trinajstić information content (AvgIpc) is 2.50. The van der Waals surface area contributed by atoms with Crippen LogP contribution < -0.4 is 0 Å². The van der Waals surface area contributed by atoms with Gasteiger partial charge in [-0.15, -0.1) is 0 Å². The minimum Gasteiger partial charge on any atom is -0.466 e. The summed E-state index contributed by atoms with van der Waals surface area (Å²) in [6.45, 7) is 1.78. The van der Waals surface area contributed by atoms with Crippen molar-refractivity contribution in [3.63, 3.8) is 0 Å². The summed E-state index contributed by atoms with van der Waals surface area (Å²) >= 11 is 0. The van der Waals surface area contributed by atoms with Crippen molar-refractivity contribution in [2.75, 3.05) is 7.11 Å². The molecule has 0 aliphatic heterocycles. The zero-order valence-electron chi connectivity index (χ0n) is 11.7. The number of halogens is 2. The van der Waals surface area contributed by atoms with E-state index >= 15 is 0 Å². The van der Waals surface area contributed by atoms with Gasteiger partial charge in [0, 0.05) is 6.08 Å². The summed E-state index contributed by atoms with van der Waals surface area (Å²) in [6.07, 6.45) is 1.38. The van der Waals surface area contributed by atoms with Crippen LogP contribution in [0.1, 0.15) is 12.5 Å². The van der Waals surface area contributed by atoms with Gasteiger partial charge in [-0.2, -0.15) is 0 Å². The van der Waals surface area contributed by atoms with Gasteiger partial charge in [0.1, 0.15) is 0 Å². The first-order chi connectivity index (χ1) is 10.0. The molecule has 0 saturated heterocycles. The molecular weight excluding hydrogens is 274 g/mol. The fourth-order valence-corrected chi connectivity index (χ4v) is 1.94. The van der Waals surface area contributed by atoms with E-state index < -0.39 is 17.6 Å². The number of hydrogen-bond acceptors (Lipinski definition) is 2. The Morgan fingerprint density at radius 1 is 1.05 bits per heavy atom. The molecule has 0 atom stereocenters. The van der Waals surface area contributed by atoms with Crippen LogP contribution in [0.25, 0.3) is 16.7 Å². The van der Waals surface area contributed by atoms with Crippen molar-refractivity contribution in [1.82, 2.24) is 0 Å². The highest BCUT2D eigenvalue weighted by molar-refractivity contribution is 5.91. The second-order valence-corrected chi connectivity index (χ2v) is 4.56. The van der Waals surface area contributed by atoms with Gasteiger partial charge >= 0.3 is 5.97 Å². The summed E-state index contributed by atoms with van der Waals surface area (Å²) in [5, 5.41) is 0. The lowest BCUT2D eigenvalue weighted by Gasteiger charge is -2.06. The highest BCUT2D eigenvalue weighted by Crippen LogP contribution is 2.25. The van der Waals surface area contributed by atoms with Crippen LogP contribution in [0.3, 0.4) is 0 Å². The van der Waals surface area contributed by atoms with Crippen molar-refractivity contribution < 1.29 is 18.3 Å². The Hall–Kier alpha value is -2.49. The van der Waals surface area contributed by atoms with Crippen molar-refractivity contribution >= 4 is 11.5 Å². The van der Waals surface area contributed by atoms with E-state index in [1.165, 1.54) is 19.3 Å². The highest BCUT2D eigenvalue weighted by atomic mass is 19.2. The number of hydrogen-bond donors (Lipinski definition) is 0. The van der Waals surface area contributed by atoms with Crippen molar-refractivity contribution in [1.29, 1.82) is 0 Å². The van der Waals surface area contributed by atoms with Gasteiger partial charge in [-0.1, -0.05) is 24.3 Å². The molecular formula is C17H14F2O2. The Bertz CT molecular complexity index is 706. The Labute approximate surface area is 121 Å². The molecule has 0 unspecified atom stereocenters. The van der Waals surface area contributed by atoms with Crippen LogP contribution in [0.15, 0.2) is 48.5 Å².